The van der Waals surface area contributed by atoms with E-state index in [0.717, 1.165) is 5.56 Å². The summed E-state index contributed by atoms with van der Waals surface area (Å²) in [5.74, 6) is 0.637. The van der Waals surface area contributed by atoms with Gasteiger partial charge in [-0.3, -0.25) is 0 Å². The van der Waals surface area contributed by atoms with Gasteiger partial charge in [0.05, 0.1) is 6.61 Å². The molecule has 0 aliphatic rings. The third-order valence-electron chi connectivity index (χ3n) is 2.33. The SMILES string of the molecule is C=CC(OCc1ccccc1)c1ncccn1. The quantitative estimate of drug-likeness (QED) is 0.735. The molecule has 0 aliphatic heterocycles. The van der Waals surface area contributed by atoms with E-state index in [1.165, 1.54) is 0 Å². The van der Waals surface area contributed by atoms with Crippen LogP contribution in [0.25, 0.3) is 0 Å². The zero-order valence-electron chi connectivity index (χ0n) is 9.49. The Morgan fingerprint density at radius 3 is 2.47 bits per heavy atom. The molecule has 3 heteroatoms. The molecule has 17 heavy (non-hydrogen) atoms. The van der Waals surface area contributed by atoms with E-state index < -0.39 is 0 Å². The van der Waals surface area contributed by atoms with Crippen LogP contribution in [-0.4, -0.2) is 9.97 Å². The molecule has 1 unspecified atom stereocenters. The maximum atomic E-state index is 5.72. The van der Waals surface area contributed by atoms with Crippen LogP contribution in [-0.2, 0) is 11.3 Å². The lowest BCUT2D eigenvalue weighted by molar-refractivity contribution is 0.0663. The zero-order valence-corrected chi connectivity index (χ0v) is 9.49. The van der Waals surface area contributed by atoms with Crippen molar-refractivity contribution < 1.29 is 4.74 Å². The maximum Gasteiger partial charge on any atom is 0.161 e. The van der Waals surface area contributed by atoms with Crippen molar-refractivity contribution in [1.82, 2.24) is 9.97 Å². The largest absolute Gasteiger partial charge is 0.361 e. The van der Waals surface area contributed by atoms with Gasteiger partial charge in [-0.1, -0.05) is 36.4 Å². The highest BCUT2D eigenvalue weighted by molar-refractivity contribution is 5.13. The number of hydrogen-bond donors (Lipinski definition) is 0. The molecule has 0 amide bonds. The predicted octanol–water partition coefficient (Wildman–Crippen LogP) is 2.92. The van der Waals surface area contributed by atoms with Crippen molar-refractivity contribution in [3.05, 3.63) is 72.8 Å². The van der Waals surface area contributed by atoms with Crippen molar-refractivity contribution in [2.45, 2.75) is 12.7 Å². The molecule has 0 saturated carbocycles. The van der Waals surface area contributed by atoms with Crippen LogP contribution in [0, 0.1) is 0 Å². The number of aromatic nitrogens is 2. The molecule has 1 atom stereocenters. The van der Waals surface area contributed by atoms with Crippen molar-refractivity contribution in [1.29, 1.82) is 0 Å². The fourth-order valence-electron chi connectivity index (χ4n) is 1.47. The van der Waals surface area contributed by atoms with Crippen LogP contribution in [0.1, 0.15) is 17.5 Å². The highest BCUT2D eigenvalue weighted by Gasteiger charge is 2.10. The van der Waals surface area contributed by atoms with Crippen LogP contribution in [0.2, 0.25) is 0 Å². The first-order valence-corrected chi connectivity index (χ1v) is 5.45. The van der Waals surface area contributed by atoms with Gasteiger partial charge in [0.2, 0.25) is 0 Å². The monoisotopic (exact) mass is 226 g/mol. The van der Waals surface area contributed by atoms with Gasteiger partial charge in [-0.15, -0.1) is 6.58 Å². The van der Waals surface area contributed by atoms with Crippen molar-refractivity contribution >= 4 is 0 Å². The summed E-state index contributed by atoms with van der Waals surface area (Å²) in [4.78, 5) is 8.31. The Hall–Kier alpha value is -2.00. The van der Waals surface area contributed by atoms with Crippen molar-refractivity contribution in [3.8, 4) is 0 Å². The third-order valence-corrected chi connectivity index (χ3v) is 2.33. The number of nitrogens with zero attached hydrogens (tertiary/aromatic N) is 2. The van der Waals surface area contributed by atoms with Crippen LogP contribution in [0.15, 0.2) is 61.4 Å². The van der Waals surface area contributed by atoms with Crippen LogP contribution in [0.3, 0.4) is 0 Å². The molecule has 1 aromatic carbocycles. The average Bonchev–Trinajstić information content (AvgIpc) is 2.42. The Kier molecular flexibility index (Phi) is 4.00. The summed E-state index contributed by atoms with van der Waals surface area (Å²) in [6, 6.07) is 11.8. The molecule has 0 N–H and O–H groups in total. The Morgan fingerprint density at radius 2 is 1.82 bits per heavy atom. The van der Waals surface area contributed by atoms with Gasteiger partial charge in [0, 0.05) is 12.4 Å². The topological polar surface area (TPSA) is 35.0 Å². The summed E-state index contributed by atoms with van der Waals surface area (Å²) in [5, 5.41) is 0. The molecule has 0 aliphatic carbocycles. The average molecular weight is 226 g/mol. The molecule has 2 aromatic rings. The molecule has 0 spiro atoms. The van der Waals surface area contributed by atoms with E-state index in [2.05, 4.69) is 16.5 Å². The second-order valence-electron chi connectivity index (χ2n) is 3.56. The summed E-state index contributed by atoms with van der Waals surface area (Å²) in [5.41, 5.74) is 1.12. The number of benzene rings is 1. The molecule has 0 radical (unpaired) electrons. The Bertz CT molecular complexity index is 456. The number of hydrogen-bond acceptors (Lipinski definition) is 3. The summed E-state index contributed by atoms with van der Waals surface area (Å²) >= 11 is 0. The Balaban J connectivity index is 2.00. The Morgan fingerprint density at radius 1 is 1.12 bits per heavy atom. The van der Waals surface area contributed by atoms with Crippen LogP contribution < -0.4 is 0 Å². The van der Waals surface area contributed by atoms with Crippen molar-refractivity contribution in [3.63, 3.8) is 0 Å². The van der Waals surface area contributed by atoms with Gasteiger partial charge in [-0.05, 0) is 11.6 Å². The highest BCUT2D eigenvalue weighted by Crippen LogP contribution is 2.15. The van der Waals surface area contributed by atoms with E-state index in [1.54, 1.807) is 24.5 Å². The first-order valence-electron chi connectivity index (χ1n) is 5.45. The van der Waals surface area contributed by atoms with Gasteiger partial charge in [-0.2, -0.15) is 0 Å². The molecule has 0 saturated heterocycles. The van der Waals surface area contributed by atoms with Gasteiger partial charge in [0.1, 0.15) is 6.10 Å². The first kappa shape index (κ1) is 11.5. The van der Waals surface area contributed by atoms with Crippen LogP contribution in [0.4, 0.5) is 0 Å². The zero-order chi connectivity index (χ0) is 11.9. The molecule has 3 nitrogen and oxygen atoms in total. The lowest BCUT2D eigenvalue weighted by atomic mass is 10.2. The third kappa shape index (κ3) is 3.23. The molecular formula is C14H14N2O. The van der Waals surface area contributed by atoms with Gasteiger partial charge in [0.25, 0.3) is 0 Å². The van der Waals surface area contributed by atoms with Gasteiger partial charge in [0.15, 0.2) is 5.82 Å². The van der Waals surface area contributed by atoms with E-state index in [1.807, 2.05) is 30.3 Å². The smallest absolute Gasteiger partial charge is 0.161 e. The molecule has 1 aromatic heterocycles. The number of rotatable bonds is 5. The van der Waals surface area contributed by atoms with E-state index >= 15 is 0 Å². The standard InChI is InChI=1S/C14H14N2O/c1-2-13(14-15-9-6-10-16-14)17-11-12-7-4-3-5-8-12/h2-10,13H,1,11H2. The van der Waals surface area contributed by atoms with Crippen molar-refractivity contribution in [2.75, 3.05) is 0 Å². The van der Waals surface area contributed by atoms with Crippen LogP contribution >= 0.6 is 0 Å². The summed E-state index contributed by atoms with van der Waals surface area (Å²) in [6.45, 7) is 4.27. The minimum atomic E-state index is -0.267. The van der Waals surface area contributed by atoms with Gasteiger partial charge in [-0.25, -0.2) is 9.97 Å². The van der Waals surface area contributed by atoms with E-state index in [0.29, 0.717) is 12.4 Å². The van der Waals surface area contributed by atoms with E-state index in [-0.39, 0.29) is 6.10 Å². The van der Waals surface area contributed by atoms with Gasteiger partial charge < -0.3 is 4.74 Å². The molecule has 2 rings (SSSR count). The number of ether oxygens (including phenoxy) is 1. The van der Waals surface area contributed by atoms with Crippen LogP contribution in [0.5, 0.6) is 0 Å². The fourth-order valence-corrected chi connectivity index (χ4v) is 1.47. The fraction of sp³-hybridized carbons (Fsp3) is 0.143. The first-order chi connectivity index (χ1) is 8.40. The molecular weight excluding hydrogens is 212 g/mol. The molecule has 0 fully saturated rings. The Labute approximate surface area is 101 Å². The second kappa shape index (κ2) is 5.92. The summed E-state index contributed by atoms with van der Waals surface area (Å²) in [6.07, 6.45) is 4.84. The van der Waals surface area contributed by atoms with Crippen molar-refractivity contribution in [2.24, 2.45) is 0 Å². The predicted molar refractivity (Wildman–Crippen MR) is 66.2 cm³/mol. The normalized spacial score (nSPS) is 12.0. The minimum Gasteiger partial charge on any atom is -0.361 e. The lowest BCUT2D eigenvalue weighted by Crippen LogP contribution is -2.05. The van der Waals surface area contributed by atoms with E-state index in [9.17, 15) is 0 Å². The summed E-state index contributed by atoms with van der Waals surface area (Å²) in [7, 11) is 0. The molecule has 86 valence electrons. The second-order valence-corrected chi connectivity index (χ2v) is 3.56. The lowest BCUT2D eigenvalue weighted by Gasteiger charge is -2.12. The molecule has 0 bridgehead atoms. The maximum absolute atomic E-state index is 5.72. The minimum absolute atomic E-state index is 0.267. The van der Waals surface area contributed by atoms with Gasteiger partial charge >= 0.3 is 0 Å². The highest BCUT2D eigenvalue weighted by atomic mass is 16.5. The summed E-state index contributed by atoms with van der Waals surface area (Å²) < 4.78 is 5.72. The molecule has 1 heterocycles. The van der Waals surface area contributed by atoms with E-state index in [4.69, 9.17) is 4.74 Å².